The smallest absolute Gasteiger partial charge is 0.259 e. The van der Waals surface area contributed by atoms with Crippen LogP contribution in [0.2, 0.25) is 0 Å². The fourth-order valence-electron chi connectivity index (χ4n) is 1.84. The molecule has 2 rings (SSSR count). The molecule has 24 heavy (non-hydrogen) atoms. The molecule has 5 nitrogen and oxygen atoms in total. The molecule has 122 valence electrons. The Hall–Kier alpha value is -2.78. The SMILES string of the molecule is N#C/C(=C/c1ccc(OCCOc2ccc(Br)cc2)cc1)C(N)=O. The van der Waals surface area contributed by atoms with Gasteiger partial charge in [-0.2, -0.15) is 5.26 Å². The molecule has 0 aliphatic rings. The van der Waals surface area contributed by atoms with E-state index in [9.17, 15) is 4.79 Å². The van der Waals surface area contributed by atoms with Crippen LogP contribution in [-0.2, 0) is 4.79 Å². The maximum atomic E-state index is 11.0. The van der Waals surface area contributed by atoms with E-state index >= 15 is 0 Å². The zero-order chi connectivity index (χ0) is 17.4. The van der Waals surface area contributed by atoms with E-state index in [1.807, 2.05) is 24.3 Å². The topological polar surface area (TPSA) is 85.3 Å². The van der Waals surface area contributed by atoms with Crippen LogP contribution < -0.4 is 15.2 Å². The van der Waals surface area contributed by atoms with E-state index in [2.05, 4.69) is 15.9 Å². The van der Waals surface area contributed by atoms with E-state index in [-0.39, 0.29) is 5.57 Å². The summed E-state index contributed by atoms with van der Waals surface area (Å²) in [4.78, 5) is 11.0. The highest BCUT2D eigenvalue weighted by Crippen LogP contribution is 2.17. The molecule has 0 aromatic heterocycles. The number of carbonyl (C=O) groups is 1. The van der Waals surface area contributed by atoms with Crippen molar-refractivity contribution in [2.45, 2.75) is 0 Å². The van der Waals surface area contributed by atoms with Gasteiger partial charge < -0.3 is 15.2 Å². The van der Waals surface area contributed by atoms with Crippen molar-refractivity contribution in [1.29, 1.82) is 5.26 Å². The number of hydrogen-bond donors (Lipinski definition) is 1. The standard InChI is InChI=1S/C18H15BrN2O3/c19-15-3-7-17(8-4-15)24-10-9-23-16-5-1-13(2-6-16)11-14(12-20)18(21)22/h1-8,11H,9-10H2,(H2,21,22)/b14-11-. The quantitative estimate of drug-likeness (QED) is 0.449. The zero-order valence-electron chi connectivity index (χ0n) is 12.7. The highest BCUT2D eigenvalue weighted by Gasteiger charge is 2.03. The summed E-state index contributed by atoms with van der Waals surface area (Å²) in [5, 5.41) is 8.80. The van der Waals surface area contributed by atoms with Crippen LogP contribution in [0.25, 0.3) is 6.08 Å². The number of hydrogen-bond acceptors (Lipinski definition) is 4. The third-order valence-corrected chi connectivity index (χ3v) is 3.54. The number of halogens is 1. The monoisotopic (exact) mass is 386 g/mol. The van der Waals surface area contributed by atoms with Crippen LogP contribution in [0, 0.1) is 11.3 Å². The Bertz CT molecular complexity index is 762. The Morgan fingerprint density at radius 3 is 2.00 bits per heavy atom. The number of amides is 1. The molecule has 2 aromatic rings. The van der Waals surface area contributed by atoms with Gasteiger partial charge >= 0.3 is 0 Å². The van der Waals surface area contributed by atoms with Crippen molar-refractivity contribution < 1.29 is 14.3 Å². The number of nitrogens with zero attached hydrogens (tertiary/aromatic N) is 1. The summed E-state index contributed by atoms with van der Waals surface area (Å²) < 4.78 is 12.1. The Labute approximate surface area is 148 Å². The van der Waals surface area contributed by atoms with Crippen molar-refractivity contribution in [3.63, 3.8) is 0 Å². The molecule has 0 aliphatic heterocycles. The van der Waals surface area contributed by atoms with Crippen molar-refractivity contribution in [3.05, 3.63) is 64.1 Å². The van der Waals surface area contributed by atoms with E-state index < -0.39 is 5.91 Å². The number of ether oxygens (including phenoxy) is 2. The maximum absolute atomic E-state index is 11.0. The Balaban J connectivity index is 1.83. The van der Waals surface area contributed by atoms with E-state index in [1.165, 1.54) is 6.08 Å². The molecule has 0 radical (unpaired) electrons. The molecular weight excluding hydrogens is 372 g/mol. The van der Waals surface area contributed by atoms with Gasteiger partial charge in [0.15, 0.2) is 0 Å². The molecule has 0 unspecified atom stereocenters. The average molecular weight is 387 g/mol. The van der Waals surface area contributed by atoms with Crippen LogP contribution in [-0.4, -0.2) is 19.1 Å². The van der Waals surface area contributed by atoms with Crippen molar-refractivity contribution in [1.82, 2.24) is 0 Å². The second-order valence-electron chi connectivity index (χ2n) is 4.75. The van der Waals surface area contributed by atoms with Gasteiger partial charge in [0, 0.05) is 4.47 Å². The molecule has 2 N–H and O–H groups in total. The van der Waals surface area contributed by atoms with Gasteiger partial charge in [-0.05, 0) is 48.0 Å². The maximum Gasteiger partial charge on any atom is 0.259 e. The summed E-state index contributed by atoms with van der Waals surface area (Å²) >= 11 is 3.36. The number of benzene rings is 2. The minimum atomic E-state index is -0.747. The number of nitrogens with two attached hydrogens (primary N) is 1. The first-order valence-electron chi connectivity index (χ1n) is 7.11. The minimum absolute atomic E-state index is 0.0911. The first-order chi connectivity index (χ1) is 11.6. The van der Waals surface area contributed by atoms with Gasteiger partial charge in [-0.3, -0.25) is 4.79 Å². The summed E-state index contributed by atoms with van der Waals surface area (Å²) in [6.45, 7) is 0.819. The molecule has 0 fully saturated rings. The largest absolute Gasteiger partial charge is 0.490 e. The summed E-state index contributed by atoms with van der Waals surface area (Å²) in [5.41, 5.74) is 5.70. The molecule has 2 aromatic carbocycles. The third kappa shape index (κ3) is 5.45. The van der Waals surface area contributed by atoms with Crippen LogP contribution in [0.5, 0.6) is 11.5 Å². The number of carbonyl (C=O) groups excluding carboxylic acids is 1. The fourth-order valence-corrected chi connectivity index (χ4v) is 2.10. The minimum Gasteiger partial charge on any atom is -0.490 e. The van der Waals surface area contributed by atoms with E-state index in [4.69, 9.17) is 20.5 Å². The molecule has 6 heteroatoms. The zero-order valence-corrected chi connectivity index (χ0v) is 14.3. The third-order valence-electron chi connectivity index (χ3n) is 3.01. The second-order valence-corrected chi connectivity index (χ2v) is 5.67. The Morgan fingerprint density at radius 1 is 1.04 bits per heavy atom. The second kappa shape index (κ2) is 8.75. The molecule has 0 heterocycles. The van der Waals surface area contributed by atoms with Gasteiger partial charge in [0.05, 0.1) is 0 Å². The Morgan fingerprint density at radius 2 is 1.54 bits per heavy atom. The highest BCUT2D eigenvalue weighted by molar-refractivity contribution is 9.10. The Kier molecular flexibility index (Phi) is 6.41. The first-order valence-corrected chi connectivity index (χ1v) is 7.90. The van der Waals surface area contributed by atoms with Gasteiger partial charge in [-0.15, -0.1) is 0 Å². The predicted molar refractivity (Wildman–Crippen MR) is 94.4 cm³/mol. The number of nitriles is 1. The molecule has 0 bridgehead atoms. The van der Waals surface area contributed by atoms with Crippen LogP contribution in [0.15, 0.2) is 58.6 Å². The lowest BCUT2D eigenvalue weighted by molar-refractivity contribution is -0.114. The summed E-state index contributed by atoms with van der Waals surface area (Å²) in [6.07, 6.45) is 1.43. The van der Waals surface area contributed by atoms with E-state index in [1.54, 1.807) is 30.3 Å². The summed E-state index contributed by atoms with van der Waals surface area (Å²) in [7, 11) is 0. The summed E-state index contributed by atoms with van der Waals surface area (Å²) in [5.74, 6) is 0.699. The van der Waals surface area contributed by atoms with Gasteiger partial charge in [0.1, 0.15) is 36.4 Å². The number of primary amides is 1. The van der Waals surface area contributed by atoms with Crippen LogP contribution >= 0.6 is 15.9 Å². The highest BCUT2D eigenvalue weighted by atomic mass is 79.9. The van der Waals surface area contributed by atoms with E-state index in [0.717, 1.165) is 10.2 Å². The van der Waals surface area contributed by atoms with E-state index in [0.29, 0.717) is 24.5 Å². The van der Waals surface area contributed by atoms with Crippen molar-refractivity contribution in [2.75, 3.05) is 13.2 Å². The fraction of sp³-hybridized carbons (Fsp3) is 0.111. The van der Waals surface area contributed by atoms with Gasteiger partial charge in [-0.1, -0.05) is 28.1 Å². The molecule has 0 saturated carbocycles. The predicted octanol–water partition coefficient (Wildman–Crippen LogP) is 3.30. The van der Waals surface area contributed by atoms with Crippen LogP contribution in [0.3, 0.4) is 0 Å². The normalized spacial score (nSPS) is 10.8. The number of rotatable bonds is 7. The van der Waals surface area contributed by atoms with Crippen molar-refractivity contribution in [3.8, 4) is 17.6 Å². The van der Waals surface area contributed by atoms with Crippen LogP contribution in [0.1, 0.15) is 5.56 Å². The lowest BCUT2D eigenvalue weighted by atomic mass is 10.1. The van der Waals surface area contributed by atoms with Gasteiger partial charge in [0.2, 0.25) is 0 Å². The van der Waals surface area contributed by atoms with Gasteiger partial charge in [-0.25, -0.2) is 0 Å². The molecule has 0 spiro atoms. The molecule has 0 saturated heterocycles. The lowest BCUT2D eigenvalue weighted by Crippen LogP contribution is -2.12. The molecule has 1 amide bonds. The molecule has 0 atom stereocenters. The average Bonchev–Trinajstić information content (AvgIpc) is 2.59. The molecular formula is C18H15BrN2O3. The van der Waals surface area contributed by atoms with Crippen LogP contribution in [0.4, 0.5) is 0 Å². The van der Waals surface area contributed by atoms with Crippen molar-refractivity contribution in [2.24, 2.45) is 5.73 Å². The molecule has 0 aliphatic carbocycles. The first kappa shape index (κ1) is 17.6. The van der Waals surface area contributed by atoms with Gasteiger partial charge in [0.25, 0.3) is 5.91 Å². The summed E-state index contributed by atoms with van der Waals surface area (Å²) in [6, 6.07) is 16.3. The van der Waals surface area contributed by atoms with Crippen molar-refractivity contribution >= 4 is 27.9 Å². The lowest BCUT2D eigenvalue weighted by Gasteiger charge is -2.08.